The maximum Gasteiger partial charge on any atom is 0.407 e. The highest BCUT2D eigenvalue weighted by molar-refractivity contribution is 6.32. The van der Waals surface area contributed by atoms with Crippen LogP contribution in [0.4, 0.5) is 16.6 Å². The molecule has 0 unspecified atom stereocenters. The second-order valence-electron chi connectivity index (χ2n) is 5.06. The SMILES string of the molecule is O=C(O)N1CC[C@@H](Nc2ncc(Cl)c(N3CCC3)n2)C1. The van der Waals surface area contributed by atoms with E-state index in [2.05, 4.69) is 20.2 Å². The van der Waals surface area contributed by atoms with Crippen LogP contribution in [-0.2, 0) is 0 Å². The van der Waals surface area contributed by atoms with E-state index in [0.717, 1.165) is 31.7 Å². The second kappa shape index (κ2) is 5.32. The van der Waals surface area contributed by atoms with Crippen LogP contribution in [0.3, 0.4) is 0 Å². The Labute approximate surface area is 121 Å². The van der Waals surface area contributed by atoms with Gasteiger partial charge in [0.2, 0.25) is 5.95 Å². The molecule has 1 aromatic rings. The van der Waals surface area contributed by atoms with Gasteiger partial charge in [-0.3, -0.25) is 0 Å². The lowest BCUT2D eigenvalue weighted by Crippen LogP contribution is -2.38. The van der Waals surface area contributed by atoms with Crippen molar-refractivity contribution in [2.75, 3.05) is 36.4 Å². The van der Waals surface area contributed by atoms with Gasteiger partial charge >= 0.3 is 6.09 Å². The Morgan fingerprint density at radius 2 is 2.25 bits per heavy atom. The van der Waals surface area contributed by atoms with E-state index in [0.29, 0.717) is 24.1 Å². The molecule has 0 radical (unpaired) electrons. The van der Waals surface area contributed by atoms with Crippen molar-refractivity contribution >= 4 is 29.5 Å². The van der Waals surface area contributed by atoms with Crippen LogP contribution in [0.25, 0.3) is 0 Å². The molecular formula is C12H16ClN5O2. The molecule has 3 rings (SSSR count). The number of carbonyl (C=O) groups is 1. The van der Waals surface area contributed by atoms with E-state index >= 15 is 0 Å². The third kappa shape index (κ3) is 2.58. The van der Waals surface area contributed by atoms with Crippen LogP contribution in [0.15, 0.2) is 6.20 Å². The predicted molar refractivity (Wildman–Crippen MR) is 75.5 cm³/mol. The largest absolute Gasteiger partial charge is 0.465 e. The number of likely N-dealkylation sites (tertiary alicyclic amines) is 1. The van der Waals surface area contributed by atoms with Gasteiger partial charge in [-0.25, -0.2) is 9.78 Å². The first-order valence-corrected chi connectivity index (χ1v) is 7.03. The lowest BCUT2D eigenvalue weighted by atomic mass is 10.2. The van der Waals surface area contributed by atoms with Crippen LogP contribution in [0.2, 0.25) is 5.02 Å². The molecule has 0 saturated carbocycles. The summed E-state index contributed by atoms with van der Waals surface area (Å²) in [6, 6.07) is 0.0523. The number of nitrogens with zero attached hydrogens (tertiary/aromatic N) is 4. The Balaban J connectivity index is 1.67. The number of carboxylic acid groups (broad SMARTS) is 1. The van der Waals surface area contributed by atoms with E-state index in [-0.39, 0.29) is 6.04 Å². The summed E-state index contributed by atoms with van der Waals surface area (Å²) in [6.45, 7) is 2.93. The molecule has 20 heavy (non-hydrogen) atoms. The van der Waals surface area contributed by atoms with Crippen LogP contribution < -0.4 is 10.2 Å². The molecule has 2 saturated heterocycles. The van der Waals surface area contributed by atoms with Gasteiger partial charge in [-0.1, -0.05) is 11.6 Å². The summed E-state index contributed by atoms with van der Waals surface area (Å²) >= 11 is 6.10. The maximum absolute atomic E-state index is 10.9. The zero-order valence-corrected chi connectivity index (χ0v) is 11.7. The standard InChI is InChI=1S/C12H16ClN5O2/c13-9-6-14-11(16-10(9)17-3-1-4-17)15-8-2-5-18(7-8)12(19)20/h6,8H,1-5,7H2,(H,19,20)(H,14,15,16)/t8-/m1/s1. The molecule has 0 spiro atoms. The van der Waals surface area contributed by atoms with Crippen molar-refractivity contribution in [1.82, 2.24) is 14.9 Å². The minimum atomic E-state index is -0.882. The Morgan fingerprint density at radius 3 is 2.85 bits per heavy atom. The summed E-state index contributed by atoms with van der Waals surface area (Å²) in [7, 11) is 0. The average molecular weight is 298 g/mol. The van der Waals surface area contributed by atoms with Crippen LogP contribution in [-0.4, -0.2) is 58.3 Å². The van der Waals surface area contributed by atoms with E-state index in [9.17, 15) is 4.79 Å². The molecule has 2 fully saturated rings. The maximum atomic E-state index is 10.9. The molecular weight excluding hydrogens is 282 g/mol. The molecule has 3 heterocycles. The van der Waals surface area contributed by atoms with Gasteiger partial charge in [-0.15, -0.1) is 0 Å². The molecule has 2 N–H and O–H groups in total. The van der Waals surface area contributed by atoms with Gasteiger partial charge in [-0.05, 0) is 12.8 Å². The van der Waals surface area contributed by atoms with E-state index < -0.39 is 6.09 Å². The topological polar surface area (TPSA) is 81.6 Å². The highest BCUT2D eigenvalue weighted by atomic mass is 35.5. The number of anilines is 2. The van der Waals surface area contributed by atoms with Crippen molar-refractivity contribution in [3.63, 3.8) is 0 Å². The monoisotopic (exact) mass is 297 g/mol. The van der Waals surface area contributed by atoms with Crippen molar-refractivity contribution in [3.05, 3.63) is 11.2 Å². The Bertz CT molecular complexity index is 523. The molecule has 8 heteroatoms. The van der Waals surface area contributed by atoms with E-state index in [1.165, 1.54) is 4.90 Å². The molecule has 0 aliphatic carbocycles. The summed E-state index contributed by atoms with van der Waals surface area (Å²) < 4.78 is 0. The van der Waals surface area contributed by atoms with Crippen LogP contribution >= 0.6 is 11.6 Å². The molecule has 1 aromatic heterocycles. The van der Waals surface area contributed by atoms with E-state index in [4.69, 9.17) is 16.7 Å². The molecule has 0 bridgehead atoms. The molecule has 1 atom stereocenters. The van der Waals surface area contributed by atoms with Crippen molar-refractivity contribution in [2.45, 2.75) is 18.9 Å². The van der Waals surface area contributed by atoms with Gasteiger partial charge < -0.3 is 20.2 Å². The van der Waals surface area contributed by atoms with E-state index in [1.807, 2.05) is 0 Å². The summed E-state index contributed by atoms with van der Waals surface area (Å²) in [5.74, 6) is 1.26. The smallest absolute Gasteiger partial charge is 0.407 e. The predicted octanol–water partition coefficient (Wildman–Crippen LogP) is 1.50. The fraction of sp³-hybridized carbons (Fsp3) is 0.583. The van der Waals surface area contributed by atoms with Gasteiger partial charge in [-0.2, -0.15) is 4.98 Å². The number of rotatable bonds is 3. The first-order chi connectivity index (χ1) is 9.63. The first kappa shape index (κ1) is 13.2. The third-order valence-electron chi connectivity index (χ3n) is 3.67. The van der Waals surface area contributed by atoms with Crippen LogP contribution in [0.1, 0.15) is 12.8 Å². The average Bonchev–Trinajstić information content (AvgIpc) is 2.80. The lowest BCUT2D eigenvalue weighted by Gasteiger charge is -2.32. The fourth-order valence-corrected chi connectivity index (χ4v) is 2.62. The summed E-state index contributed by atoms with van der Waals surface area (Å²) in [5, 5.41) is 12.7. The summed E-state index contributed by atoms with van der Waals surface area (Å²) in [4.78, 5) is 23.0. The molecule has 108 valence electrons. The third-order valence-corrected chi connectivity index (χ3v) is 3.94. The zero-order valence-electron chi connectivity index (χ0n) is 10.9. The first-order valence-electron chi connectivity index (χ1n) is 6.65. The quantitative estimate of drug-likeness (QED) is 0.880. The Morgan fingerprint density at radius 1 is 1.45 bits per heavy atom. The normalized spacial score (nSPS) is 21.8. The molecule has 7 nitrogen and oxygen atoms in total. The van der Waals surface area contributed by atoms with Crippen LogP contribution in [0.5, 0.6) is 0 Å². The lowest BCUT2D eigenvalue weighted by molar-refractivity contribution is 0.155. The molecule has 2 aliphatic heterocycles. The van der Waals surface area contributed by atoms with E-state index in [1.54, 1.807) is 6.20 Å². The van der Waals surface area contributed by atoms with Crippen molar-refractivity contribution in [2.24, 2.45) is 0 Å². The highest BCUT2D eigenvalue weighted by Crippen LogP contribution is 2.27. The number of amides is 1. The van der Waals surface area contributed by atoms with Gasteiger partial charge in [0.25, 0.3) is 0 Å². The number of hydrogen-bond donors (Lipinski definition) is 2. The fourth-order valence-electron chi connectivity index (χ4n) is 2.41. The molecule has 1 amide bonds. The number of nitrogens with one attached hydrogen (secondary N) is 1. The van der Waals surface area contributed by atoms with Gasteiger partial charge in [0.05, 0.1) is 6.20 Å². The zero-order chi connectivity index (χ0) is 14.1. The Kier molecular flexibility index (Phi) is 3.52. The molecule has 2 aliphatic rings. The number of hydrogen-bond acceptors (Lipinski definition) is 5. The molecule has 0 aromatic carbocycles. The second-order valence-corrected chi connectivity index (χ2v) is 5.47. The van der Waals surface area contributed by atoms with Crippen molar-refractivity contribution in [1.29, 1.82) is 0 Å². The number of halogens is 1. The Hall–Kier alpha value is -1.76. The minimum absolute atomic E-state index is 0.0523. The van der Waals surface area contributed by atoms with Crippen LogP contribution in [0, 0.1) is 0 Å². The van der Waals surface area contributed by atoms with Gasteiger partial charge in [0, 0.05) is 32.2 Å². The minimum Gasteiger partial charge on any atom is -0.465 e. The number of aromatic nitrogens is 2. The van der Waals surface area contributed by atoms with Crippen molar-refractivity contribution < 1.29 is 9.90 Å². The summed E-state index contributed by atoms with van der Waals surface area (Å²) in [5.41, 5.74) is 0. The van der Waals surface area contributed by atoms with Crippen molar-refractivity contribution in [3.8, 4) is 0 Å². The highest BCUT2D eigenvalue weighted by Gasteiger charge is 2.27. The van der Waals surface area contributed by atoms with Gasteiger partial charge in [0.15, 0.2) is 5.82 Å². The summed E-state index contributed by atoms with van der Waals surface area (Å²) in [6.07, 6.45) is 2.62. The van der Waals surface area contributed by atoms with Gasteiger partial charge in [0.1, 0.15) is 5.02 Å².